The standard InChI is InChI=1S/C32H40ClN7O2Si/c1-22-36-26-7-6-25(16-29(26)40(22)21-41-14-15-43(3,4)5)42-30-9-8-27-32(31(30)33)37-28(18-34-27)24-17-35-39(20-24)19-23-10-12-38(2)13-11-23/h6-9,16-18,20,23H,10-15,19,21H2,1-5H3. The molecule has 0 bridgehead atoms. The molecule has 9 nitrogen and oxygen atoms in total. The average molecular weight is 618 g/mol. The number of aryl methyl sites for hydroxylation is 1. The molecule has 4 heterocycles. The van der Waals surface area contributed by atoms with Crippen molar-refractivity contribution in [1.82, 2.24) is 34.2 Å². The minimum absolute atomic E-state index is 0.421. The van der Waals surface area contributed by atoms with Crippen LogP contribution in [0.4, 0.5) is 0 Å². The Bertz CT molecular complexity index is 1740. The molecule has 6 rings (SSSR count). The number of piperidine rings is 1. The second-order valence-electron chi connectivity index (χ2n) is 12.9. The van der Waals surface area contributed by atoms with Crippen molar-refractivity contribution in [3.05, 3.63) is 59.8 Å². The van der Waals surface area contributed by atoms with Gasteiger partial charge in [-0.1, -0.05) is 31.2 Å². The monoisotopic (exact) mass is 617 g/mol. The van der Waals surface area contributed by atoms with Gasteiger partial charge >= 0.3 is 0 Å². The Morgan fingerprint density at radius 3 is 2.60 bits per heavy atom. The van der Waals surface area contributed by atoms with E-state index in [-0.39, 0.29) is 0 Å². The van der Waals surface area contributed by atoms with Gasteiger partial charge in [-0.2, -0.15) is 5.10 Å². The number of ether oxygens (including phenoxy) is 2. The van der Waals surface area contributed by atoms with E-state index in [2.05, 4.69) is 52.4 Å². The Morgan fingerprint density at radius 2 is 1.81 bits per heavy atom. The highest BCUT2D eigenvalue weighted by atomic mass is 35.5. The van der Waals surface area contributed by atoms with Crippen molar-refractivity contribution in [1.29, 1.82) is 0 Å². The van der Waals surface area contributed by atoms with Crippen LogP contribution < -0.4 is 4.74 Å². The summed E-state index contributed by atoms with van der Waals surface area (Å²) in [6.07, 6.45) is 8.08. The molecule has 0 atom stereocenters. The van der Waals surface area contributed by atoms with Gasteiger partial charge in [-0.3, -0.25) is 9.67 Å². The molecule has 1 aliphatic rings. The van der Waals surface area contributed by atoms with Gasteiger partial charge < -0.3 is 18.9 Å². The molecule has 1 saturated heterocycles. The molecule has 5 aromatic rings. The van der Waals surface area contributed by atoms with Gasteiger partial charge in [-0.25, -0.2) is 9.97 Å². The smallest absolute Gasteiger partial charge is 0.148 e. The molecule has 1 fully saturated rings. The first-order chi connectivity index (χ1) is 20.6. The van der Waals surface area contributed by atoms with Crippen molar-refractivity contribution in [3.63, 3.8) is 0 Å². The summed E-state index contributed by atoms with van der Waals surface area (Å²) in [6, 6.07) is 10.7. The fourth-order valence-electron chi connectivity index (χ4n) is 5.46. The van der Waals surface area contributed by atoms with Crippen molar-refractivity contribution in [2.24, 2.45) is 5.92 Å². The minimum Gasteiger partial charge on any atom is -0.456 e. The first kappa shape index (κ1) is 29.7. The van der Waals surface area contributed by atoms with Crippen LogP contribution in [0.5, 0.6) is 11.5 Å². The number of nitrogens with zero attached hydrogens (tertiary/aromatic N) is 7. The predicted molar refractivity (Wildman–Crippen MR) is 175 cm³/mol. The predicted octanol–water partition coefficient (Wildman–Crippen LogP) is 7.25. The van der Waals surface area contributed by atoms with Crippen LogP contribution in [-0.4, -0.2) is 69.0 Å². The summed E-state index contributed by atoms with van der Waals surface area (Å²) >= 11 is 6.89. The molecule has 0 aliphatic carbocycles. The second-order valence-corrected chi connectivity index (χ2v) is 18.9. The lowest BCUT2D eigenvalue weighted by molar-refractivity contribution is 0.0885. The summed E-state index contributed by atoms with van der Waals surface area (Å²) in [7, 11) is 1.03. The van der Waals surface area contributed by atoms with Crippen LogP contribution >= 0.6 is 11.6 Å². The molecule has 0 spiro atoms. The third-order valence-corrected chi connectivity index (χ3v) is 10.3. The van der Waals surface area contributed by atoms with E-state index in [4.69, 9.17) is 31.0 Å². The maximum atomic E-state index is 6.89. The summed E-state index contributed by atoms with van der Waals surface area (Å²) in [5.74, 6) is 2.73. The number of aromatic nitrogens is 6. The molecule has 0 N–H and O–H groups in total. The van der Waals surface area contributed by atoms with E-state index < -0.39 is 8.07 Å². The quantitative estimate of drug-likeness (QED) is 0.121. The van der Waals surface area contributed by atoms with Crippen molar-refractivity contribution in [2.45, 2.75) is 58.7 Å². The van der Waals surface area contributed by atoms with Crippen LogP contribution in [0.25, 0.3) is 33.3 Å². The van der Waals surface area contributed by atoms with E-state index in [1.165, 1.54) is 12.8 Å². The van der Waals surface area contributed by atoms with Gasteiger partial charge in [0.15, 0.2) is 0 Å². The largest absolute Gasteiger partial charge is 0.456 e. The maximum Gasteiger partial charge on any atom is 0.148 e. The number of rotatable bonds is 10. The zero-order valence-corrected chi connectivity index (χ0v) is 27.4. The van der Waals surface area contributed by atoms with Gasteiger partial charge in [0.25, 0.3) is 0 Å². The van der Waals surface area contributed by atoms with Gasteiger partial charge in [-0.05, 0) is 76.1 Å². The molecule has 2 aromatic carbocycles. The highest BCUT2D eigenvalue weighted by Crippen LogP contribution is 2.36. The van der Waals surface area contributed by atoms with Crippen molar-refractivity contribution < 1.29 is 9.47 Å². The SMILES string of the molecule is Cc1nc2ccc(Oc3ccc4ncc(-c5cnn(CC6CCN(C)CC6)c5)nc4c3Cl)cc2n1COCC[Si](C)(C)C. The van der Waals surface area contributed by atoms with E-state index in [0.717, 1.165) is 60.4 Å². The lowest BCUT2D eigenvalue weighted by Gasteiger charge is -2.28. The van der Waals surface area contributed by atoms with Crippen LogP contribution in [0.15, 0.2) is 48.9 Å². The molecule has 0 radical (unpaired) electrons. The van der Waals surface area contributed by atoms with E-state index >= 15 is 0 Å². The molecule has 0 amide bonds. The zero-order chi connectivity index (χ0) is 30.1. The van der Waals surface area contributed by atoms with Gasteiger partial charge in [0.05, 0.1) is 34.6 Å². The van der Waals surface area contributed by atoms with E-state index in [1.807, 2.05) is 48.1 Å². The van der Waals surface area contributed by atoms with E-state index in [9.17, 15) is 0 Å². The summed E-state index contributed by atoms with van der Waals surface area (Å²) in [5.41, 5.74) is 4.81. The number of imidazole rings is 1. The summed E-state index contributed by atoms with van der Waals surface area (Å²) < 4.78 is 16.4. The number of halogens is 1. The Labute approximate surface area is 258 Å². The summed E-state index contributed by atoms with van der Waals surface area (Å²) in [5, 5.41) is 5.03. The topological polar surface area (TPSA) is 83.1 Å². The first-order valence-corrected chi connectivity index (χ1v) is 19.1. The molecule has 3 aromatic heterocycles. The number of benzene rings is 2. The van der Waals surface area contributed by atoms with Gasteiger partial charge in [0.2, 0.25) is 0 Å². The molecular formula is C32H40ClN7O2Si. The van der Waals surface area contributed by atoms with Gasteiger partial charge in [-0.15, -0.1) is 0 Å². The lowest BCUT2D eigenvalue weighted by atomic mass is 9.97. The van der Waals surface area contributed by atoms with E-state index in [0.29, 0.717) is 40.2 Å². The molecule has 43 heavy (non-hydrogen) atoms. The molecule has 0 saturated carbocycles. The lowest BCUT2D eigenvalue weighted by Crippen LogP contribution is -2.31. The summed E-state index contributed by atoms with van der Waals surface area (Å²) in [4.78, 5) is 16.6. The van der Waals surface area contributed by atoms with Crippen molar-refractivity contribution >= 4 is 41.7 Å². The van der Waals surface area contributed by atoms with E-state index in [1.54, 1.807) is 6.20 Å². The third-order valence-electron chi connectivity index (χ3n) is 8.19. The number of hydrogen-bond acceptors (Lipinski definition) is 7. The van der Waals surface area contributed by atoms with Crippen LogP contribution in [-0.2, 0) is 18.0 Å². The molecule has 226 valence electrons. The fourth-order valence-corrected chi connectivity index (χ4v) is 6.46. The van der Waals surface area contributed by atoms with Gasteiger partial charge in [0, 0.05) is 39.1 Å². The zero-order valence-electron chi connectivity index (χ0n) is 25.7. The Balaban J connectivity index is 1.20. The van der Waals surface area contributed by atoms with Crippen LogP contribution in [0.2, 0.25) is 30.7 Å². The second kappa shape index (κ2) is 12.4. The Morgan fingerprint density at radius 1 is 1.02 bits per heavy atom. The number of likely N-dealkylation sites (tertiary alicyclic amines) is 1. The normalized spacial score (nSPS) is 15.1. The summed E-state index contributed by atoms with van der Waals surface area (Å²) in [6.45, 7) is 13.5. The Kier molecular flexibility index (Phi) is 8.55. The highest BCUT2D eigenvalue weighted by molar-refractivity contribution is 6.76. The first-order valence-electron chi connectivity index (χ1n) is 15.0. The third kappa shape index (κ3) is 6.93. The van der Waals surface area contributed by atoms with Crippen LogP contribution in [0, 0.1) is 12.8 Å². The highest BCUT2D eigenvalue weighted by Gasteiger charge is 2.19. The maximum absolute atomic E-state index is 6.89. The fraction of sp³-hybridized carbons (Fsp3) is 0.438. The van der Waals surface area contributed by atoms with Crippen LogP contribution in [0.1, 0.15) is 18.7 Å². The molecular weight excluding hydrogens is 578 g/mol. The van der Waals surface area contributed by atoms with Crippen molar-refractivity contribution in [2.75, 3.05) is 26.7 Å². The number of fused-ring (bicyclic) bond motifs is 2. The average Bonchev–Trinajstić information content (AvgIpc) is 3.56. The van der Waals surface area contributed by atoms with Crippen LogP contribution in [0.3, 0.4) is 0 Å². The molecule has 0 unspecified atom stereocenters. The van der Waals surface area contributed by atoms with Gasteiger partial charge in [0.1, 0.15) is 34.6 Å². The minimum atomic E-state index is -1.15. The Hall–Kier alpha value is -3.31. The number of hydrogen-bond donors (Lipinski definition) is 0. The molecule has 1 aliphatic heterocycles. The molecule has 11 heteroatoms. The van der Waals surface area contributed by atoms with Crippen molar-refractivity contribution in [3.8, 4) is 22.8 Å².